The monoisotopic (exact) mass is 245 g/mol. The van der Waals surface area contributed by atoms with Gasteiger partial charge in [-0.15, -0.1) is 0 Å². The standard InChI is InChI=1S/C12H23NO4/c1-10(2)17-9-11(14)13-6-8-16-12-5-3-4-7-15-12/h10,12H,3-9H2,1-2H3,(H,13,14). The summed E-state index contributed by atoms with van der Waals surface area (Å²) in [5, 5.41) is 2.73. The van der Waals surface area contributed by atoms with Crippen molar-refractivity contribution in [2.45, 2.75) is 45.5 Å². The van der Waals surface area contributed by atoms with Gasteiger partial charge in [-0.25, -0.2) is 0 Å². The maximum atomic E-state index is 11.3. The molecule has 0 saturated carbocycles. The molecule has 17 heavy (non-hydrogen) atoms. The fourth-order valence-electron chi connectivity index (χ4n) is 1.52. The van der Waals surface area contributed by atoms with Crippen molar-refractivity contribution in [3.63, 3.8) is 0 Å². The molecule has 0 aromatic heterocycles. The van der Waals surface area contributed by atoms with E-state index >= 15 is 0 Å². The van der Waals surface area contributed by atoms with Gasteiger partial charge in [-0.05, 0) is 33.1 Å². The number of amides is 1. The van der Waals surface area contributed by atoms with E-state index < -0.39 is 0 Å². The van der Waals surface area contributed by atoms with Gasteiger partial charge in [-0.2, -0.15) is 0 Å². The molecule has 0 radical (unpaired) electrons. The Balaban J connectivity index is 1.94. The minimum atomic E-state index is -0.105. The van der Waals surface area contributed by atoms with Gasteiger partial charge in [-0.1, -0.05) is 0 Å². The van der Waals surface area contributed by atoms with E-state index in [0.29, 0.717) is 13.2 Å². The molecule has 1 rings (SSSR count). The van der Waals surface area contributed by atoms with E-state index in [2.05, 4.69) is 5.32 Å². The lowest BCUT2D eigenvalue weighted by atomic mass is 10.2. The molecule has 1 aliphatic heterocycles. The van der Waals surface area contributed by atoms with E-state index in [9.17, 15) is 4.79 Å². The molecule has 1 heterocycles. The molecule has 0 bridgehead atoms. The number of carbonyl (C=O) groups excluding carboxylic acids is 1. The highest BCUT2D eigenvalue weighted by atomic mass is 16.7. The first-order valence-corrected chi connectivity index (χ1v) is 6.30. The van der Waals surface area contributed by atoms with Crippen LogP contribution in [0.1, 0.15) is 33.1 Å². The predicted octanol–water partition coefficient (Wildman–Crippen LogP) is 1.07. The molecular formula is C12H23NO4. The Hall–Kier alpha value is -0.650. The molecule has 1 saturated heterocycles. The summed E-state index contributed by atoms with van der Waals surface area (Å²) in [4.78, 5) is 11.3. The van der Waals surface area contributed by atoms with Gasteiger partial charge >= 0.3 is 0 Å². The zero-order chi connectivity index (χ0) is 12.5. The van der Waals surface area contributed by atoms with Gasteiger partial charge in [-0.3, -0.25) is 4.79 Å². The first-order valence-electron chi connectivity index (χ1n) is 6.30. The number of carbonyl (C=O) groups is 1. The molecule has 1 unspecified atom stereocenters. The van der Waals surface area contributed by atoms with Gasteiger partial charge in [0.15, 0.2) is 6.29 Å². The van der Waals surface area contributed by atoms with Crippen LogP contribution in [0.4, 0.5) is 0 Å². The predicted molar refractivity (Wildman–Crippen MR) is 63.6 cm³/mol. The van der Waals surface area contributed by atoms with Crippen LogP contribution in [0.15, 0.2) is 0 Å². The molecule has 5 heteroatoms. The Morgan fingerprint density at radius 2 is 2.29 bits per heavy atom. The van der Waals surface area contributed by atoms with E-state index in [1.807, 2.05) is 13.8 Å². The maximum absolute atomic E-state index is 11.3. The number of rotatable bonds is 7. The van der Waals surface area contributed by atoms with Gasteiger partial charge < -0.3 is 19.5 Å². The third-order valence-corrected chi connectivity index (χ3v) is 2.41. The lowest BCUT2D eigenvalue weighted by Crippen LogP contribution is -2.33. The third kappa shape index (κ3) is 7.31. The average molecular weight is 245 g/mol. The van der Waals surface area contributed by atoms with Crippen molar-refractivity contribution in [2.75, 3.05) is 26.4 Å². The molecule has 1 atom stereocenters. The van der Waals surface area contributed by atoms with Crippen LogP contribution in [0.3, 0.4) is 0 Å². The summed E-state index contributed by atoms with van der Waals surface area (Å²) in [5.41, 5.74) is 0. The summed E-state index contributed by atoms with van der Waals surface area (Å²) in [6.45, 7) is 5.67. The molecule has 0 aliphatic carbocycles. The minimum Gasteiger partial charge on any atom is -0.369 e. The second kappa shape index (κ2) is 8.44. The SMILES string of the molecule is CC(C)OCC(=O)NCCOC1CCCCO1. The van der Waals surface area contributed by atoms with Crippen molar-refractivity contribution < 1.29 is 19.0 Å². The summed E-state index contributed by atoms with van der Waals surface area (Å²) in [7, 11) is 0. The number of nitrogens with one attached hydrogen (secondary N) is 1. The first-order chi connectivity index (χ1) is 8.18. The summed E-state index contributed by atoms with van der Waals surface area (Å²) in [6.07, 6.45) is 3.20. The van der Waals surface area contributed by atoms with Gasteiger partial charge in [0.2, 0.25) is 5.91 Å². The summed E-state index contributed by atoms with van der Waals surface area (Å²) in [5.74, 6) is -0.105. The topological polar surface area (TPSA) is 56.8 Å². The zero-order valence-corrected chi connectivity index (χ0v) is 10.7. The number of hydrogen-bond donors (Lipinski definition) is 1. The van der Waals surface area contributed by atoms with Gasteiger partial charge in [0.1, 0.15) is 6.61 Å². The van der Waals surface area contributed by atoms with Gasteiger partial charge in [0, 0.05) is 13.2 Å². The molecule has 1 amide bonds. The van der Waals surface area contributed by atoms with Crippen molar-refractivity contribution >= 4 is 5.91 Å². The van der Waals surface area contributed by atoms with Crippen LogP contribution in [0.25, 0.3) is 0 Å². The highest BCUT2D eigenvalue weighted by molar-refractivity contribution is 5.77. The summed E-state index contributed by atoms with van der Waals surface area (Å²) < 4.78 is 16.1. The fourth-order valence-corrected chi connectivity index (χ4v) is 1.52. The van der Waals surface area contributed by atoms with Crippen molar-refractivity contribution in [1.29, 1.82) is 0 Å². The van der Waals surface area contributed by atoms with E-state index in [-0.39, 0.29) is 24.9 Å². The van der Waals surface area contributed by atoms with Crippen LogP contribution in [0, 0.1) is 0 Å². The van der Waals surface area contributed by atoms with Crippen LogP contribution in [-0.4, -0.2) is 44.7 Å². The van der Waals surface area contributed by atoms with Crippen molar-refractivity contribution in [1.82, 2.24) is 5.32 Å². The Bertz CT molecular complexity index is 215. The molecule has 1 N–H and O–H groups in total. The zero-order valence-electron chi connectivity index (χ0n) is 10.7. The molecular weight excluding hydrogens is 222 g/mol. The number of ether oxygens (including phenoxy) is 3. The van der Waals surface area contributed by atoms with E-state index in [4.69, 9.17) is 14.2 Å². The molecule has 1 fully saturated rings. The Kier molecular flexibility index (Phi) is 7.16. The van der Waals surface area contributed by atoms with Gasteiger partial charge in [0.25, 0.3) is 0 Å². The molecule has 0 spiro atoms. The van der Waals surface area contributed by atoms with Crippen LogP contribution in [-0.2, 0) is 19.0 Å². The van der Waals surface area contributed by atoms with Crippen molar-refractivity contribution in [3.8, 4) is 0 Å². The quantitative estimate of drug-likeness (QED) is 0.682. The van der Waals surface area contributed by atoms with Gasteiger partial charge in [0.05, 0.1) is 12.7 Å². The molecule has 5 nitrogen and oxygen atoms in total. The highest BCUT2D eigenvalue weighted by Crippen LogP contribution is 2.12. The second-order valence-corrected chi connectivity index (χ2v) is 4.38. The number of hydrogen-bond acceptors (Lipinski definition) is 4. The van der Waals surface area contributed by atoms with Crippen LogP contribution in [0.5, 0.6) is 0 Å². The first kappa shape index (κ1) is 14.4. The summed E-state index contributed by atoms with van der Waals surface area (Å²) in [6, 6.07) is 0. The Morgan fingerprint density at radius 3 is 2.94 bits per heavy atom. The second-order valence-electron chi connectivity index (χ2n) is 4.38. The third-order valence-electron chi connectivity index (χ3n) is 2.41. The molecule has 1 aliphatic rings. The fraction of sp³-hybridized carbons (Fsp3) is 0.917. The van der Waals surface area contributed by atoms with Crippen molar-refractivity contribution in [3.05, 3.63) is 0 Å². The largest absolute Gasteiger partial charge is 0.369 e. The minimum absolute atomic E-state index is 0.0765. The van der Waals surface area contributed by atoms with E-state index in [1.165, 1.54) is 0 Å². The van der Waals surface area contributed by atoms with Crippen LogP contribution >= 0.6 is 0 Å². The molecule has 0 aromatic rings. The van der Waals surface area contributed by atoms with E-state index in [0.717, 1.165) is 25.9 Å². The van der Waals surface area contributed by atoms with Crippen LogP contribution in [0.2, 0.25) is 0 Å². The summed E-state index contributed by atoms with van der Waals surface area (Å²) >= 11 is 0. The maximum Gasteiger partial charge on any atom is 0.246 e. The Morgan fingerprint density at radius 1 is 1.47 bits per heavy atom. The molecule has 100 valence electrons. The van der Waals surface area contributed by atoms with Crippen LogP contribution < -0.4 is 5.32 Å². The van der Waals surface area contributed by atoms with Crippen molar-refractivity contribution in [2.24, 2.45) is 0 Å². The average Bonchev–Trinajstić information content (AvgIpc) is 2.33. The smallest absolute Gasteiger partial charge is 0.246 e. The lowest BCUT2D eigenvalue weighted by molar-refractivity contribution is -0.162. The highest BCUT2D eigenvalue weighted by Gasteiger charge is 2.13. The molecule has 0 aromatic carbocycles. The van der Waals surface area contributed by atoms with E-state index in [1.54, 1.807) is 0 Å². The Labute approximate surface area is 103 Å². The lowest BCUT2D eigenvalue weighted by Gasteiger charge is -2.22. The normalized spacial score (nSPS) is 20.5.